The van der Waals surface area contributed by atoms with Gasteiger partial charge in [0.05, 0.1) is 18.0 Å². The lowest BCUT2D eigenvalue weighted by Gasteiger charge is -1.98. The molecule has 0 fully saturated rings. The Balaban J connectivity index is 2.15. The number of rotatable bonds is 4. The van der Waals surface area contributed by atoms with Gasteiger partial charge in [-0.3, -0.25) is 14.2 Å². The molecule has 0 unspecified atom stereocenters. The van der Waals surface area contributed by atoms with Crippen molar-refractivity contribution in [3.8, 4) is 0 Å². The molecule has 5 heteroatoms. The van der Waals surface area contributed by atoms with E-state index in [-0.39, 0.29) is 5.78 Å². The zero-order chi connectivity index (χ0) is 13.1. The van der Waals surface area contributed by atoms with Gasteiger partial charge in [-0.1, -0.05) is 0 Å². The largest absolute Gasteiger partial charge is 0.289 e. The first-order valence-electron chi connectivity index (χ1n) is 5.85. The zero-order valence-electron chi connectivity index (χ0n) is 10.8. The molecule has 0 spiro atoms. The van der Waals surface area contributed by atoms with Gasteiger partial charge in [0.25, 0.3) is 0 Å². The third-order valence-electron chi connectivity index (χ3n) is 2.84. The number of hydrogen-bond acceptors (Lipinski definition) is 3. The van der Waals surface area contributed by atoms with E-state index in [2.05, 4.69) is 10.2 Å². The highest BCUT2D eigenvalue weighted by atomic mass is 16.1. The molecule has 0 N–H and O–H groups in total. The molecule has 0 saturated carbocycles. The Morgan fingerprint density at radius 3 is 2.72 bits per heavy atom. The number of hydrogen-bond donors (Lipinski definition) is 0. The third-order valence-corrected chi connectivity index (χ3v) is 2.84. The number of allylic oxidation sites excluding steroid dienone is 1. The number of carbonyl (C=O) groups is 1. The summed E-state index contributed by atoms with van der Waals surface area (Å²) in [6.07, 6.45) is 8.39. The lowest BCUT2D eigenvalue weighted by atomic mass is 10.2. The maximum atomic E-state index is 11.9. The van der Waals surface area contributed by atoms with Crippen LogP contribution in [-0.2, 0) is 13.6 Å². The molecule has 0 aliphatic rings. The number of aromatic nitrogens is 4. The summed E-state index contributed by atoms with van der Waals surface area (Å²) >= 11 is 0. The van der Waals surface area contributed by atoms with E-state index in [1.165, 1.54) is 0 Å². The average Bonchev–Trinajstić information content (AvgIpc) is 2.93. The molecule has 0 amide bonds. The Bertz CT molecular complexity index is 592. The molecular formula is C13H16N4O. The van der Waals surface area contributed by atoms with Crippen LogP contribution in [0.25, 0.3) is 6.08 Å². The second-order valence-corrected chi connectivity index (χ2v) is 4.10. The Labute approximate surface area is 106 Å². The molecule has 2 aromatic heterocycles. The summed E-state index contributed by atoms with van der Waals surface area (Å²) in [6, 6.07) is 0. The van der Waals surface area contributed by atoms with Gasteiger partial charge in [0.2, 0.25) is 0 Å². The van der Waals surface area contributed by atoms with Crippen molar-refractivity contribution >= 4 is 11.9 Å². The first-order valence-corrected chi connectivity index (χ1v) is 5.85. The van der Waals surface area contributed by atoms with Crippen molar-refractivity contribution in [1.29, 1.82) is 0 Å². The van der Waals surface area contributed by atoms with Gasteiger partial charge in [-0.15, -0.1) is 0 Å². The third kappa shape index (κ3) is 2.40. The minimum absolute atomic E-state index is 0.0493. The second-order valence-electron chi connectivity index (χ2n) is 4.10. The van der Waals surface area contributed by atoms with Crippen molar-refractivity contribution in [2.24, 2.45) is 7.05 Å². The Morgan fingerprint density at radius 2 is 2.17 bits per heavy atom. The van der Waals surface area contributed by atoms with E-state index in [1.807, 2.05) is 18.5 Å². The highest BCUT2D eigenvalue weighted by Crippen LogP contribution is 2.10. The molecule has 5 nitrogen and oxygen atoms in total. The zero-order valence-corrected chi connectivity index (χ0v) is 10.8. The number of nitrogens with zero attached hydrogens (tertiary/aromatic N) is 4. The Kier molecular flexibility index (Phi) is 3.41. The van der Waals surface area contributed by atoms with Crippen molar-refractivity contribution in [2.75, 3.05) is 0 Å². The first-order chi connectivity index (χ1) is 8.61. The van der Waals surface area contributed by atoms with Crippen LogP contribution in [0.3, 0.4) is 0 Å². The lowest BCUT2D eigenvalue weighted by molar-refractivity contribution is 0.104. The van der Waals surface area contributed by atoms with Gasteiger partial charge in [0, 0.05) is 31.0 Å². The van der Waals surface area contributed by atoms with Crippen LogP contribution in [-0.4, -0.2) is 25.3 Å². The molecule has 0 aliphatic carbocycles. The van der Waals surface area contributed by atoms with Crippen molar-refractivity contribution in [2.45, 2.75) is 20.4 Å². The van der Waals surface area contributed by atoms with Gasteiger partial charge in [-0.05, 0) is 26.0 Å². The van der Waals surface area contributed by atoms with Gasteiger partial charge in [-0.2, -0.15) is 10.2 Å². The van der Waals surface area contributed by atoms with Gasteiger partial charge in [-0.25, -0.2) is 0 Å². The van der Waals surface area contributed by atoms with Crippen LogP contribution < -0.4 is 0 Å². The van der Waals surface area contributed by atoms with Crippen LogP contribution in [0.5, 0.6) is 0 Å². The smallest absolute Gasteiger partial charge is 0.189 e. The average molecular weight is 244 g/mol. The van der Waals surface area contributed by atoms with Crippen LogP contribution >= 0.6 is 0 Å². The summed E-state index contributed by atoms with van der Waals surface area (Å²) in [5, 5.41) is 8.20. The van der Waals surface area contributed by atoms with Gasteiger partial charge in [0.1, 0.15) is 0 Å². The van der Waals surface area contributed by atoms with E-state index < -0.39 is 0 Å². The molecule has 0 aliphatic heterocycles. The maximum absolute atomic E-state index is 11.9. The van der Waals surface area contributed by atoms with Crippen LogP contribution in [0.15, 0.2) is 24.7 Å². The SMILES string of the molecule is CCn1ncc(/C=C/C(=O)c2cnn(C)c2)c1C. The van der Waals surface area contributed by atoms with E-state index in [4.69, 9.17) is 0 Å². The monoisotopic (exact) mass is 244 g/mol. The molecule has 0 aromatic carbocycles. The van der Waals surface area contributed by atoms with Crippen molar-refractivity contribution in [3.63, 3.8) is 0 Å². The first kappa shape index (κ1) is 12.3. The van der Waals surface area contributed by atoms with Crippen molar-refractivity contribution < 1.29 is 4.79 Å². The van der Waals surface area contributed by atoms with Gasteiger partial charge < -0.3 is 0 Å². The van der Waals surface area contributed by atoms with Gasteiger partial charge in [0.15, 0.2) is 5.78 Å². The molecule has 2 rings (SSSR count). The number of aryl methyl sites for hydroxylation is 2. The number of ketones is 1. The summed E-state index contributed by atoms with van der Waals surface area (Å²) in [7, 11) is 1.79. The van der Waals surface area contributed by atoms with Gasteiger partial charge >= 0.3 is 0 Å². The standard InChI is InChI=1S/C13H16N4O/c1-4-17-10(2)11(7-15-17)5-6-13(18)12-8-14-16(3)9-12/h5-9H,4H2,1-3H3/b6-5+. The fourth-order valence-corrected chi connectivity index (χ4v) is 1.75. The Morgan fingerprint density at radius 1 is 1.39 bits per heavy atom. The number of carbonyl (C=O) groups excluding carboxylic acids is 1. The van der Waals surface area contributed by atoms with E-state index >= 15 is 0 Å². The van der Waals surface area contributed by atoms with E-state index in [0.29, 0.717) is 5.56 Å². The van der Waals surface area contributed by atoms with Crippen LogP contribution in [0.1, 0.15) is 28.5 Å². The molecule has 0 atom stereocenters. The van der Waals surface area contributed by atoms with Crippen LogP contribution in [0.2, 0.25) is 0 Å². The molecular weight excluding hydrogens is 228 g/mol. The Hall–Kier alpha value is -2.17. The molecule has 0 saturated heterocycles. The van der Waals surface area contributed by atoms with E-state index in [9.17, 15) is 4.79 Å². The van der Waals surface area contributed by atoms with Crippen molar-refractivity contribution in [3.05, 3.63) is 41.5 Å². The predicted molar refractivity (Wildman–Crippen MR) is 69.2 cm³/mol. The minimum atomic E-state index is -0.0493. The summed E-state index contributed by atoms with van der Waals surface area (Å²) in [4.78, 5) is 11.9. The van der Waals surface area contributed by atoms with Crippen LogP contribution in [0.4, 0.5) is 0 Å². The van der Waals surface area contributed by atoms with E-state index in [1.54, 1.807) is 42.5 Å². The fraction of sp³-hybridized carbons (Fsp3) is 0.308. The highest BCUT2D eigenvalue weighted by Gasteiger charge is 2.05. The molecule has 0 bridgehead atoms. The summed E-state index contributed by atoms with van der Waals surface area (Å²) in [6.45, 7) is 4.86. The van der Waals surface area contributed by atoms with Crippen molar-refractivity contribution in [1.82, 2.24) is 19.6 Å². The second kappa shape index (κ2) is 5.00. The summed E-state index contributed by atoms with van der Waals surface area (Å²) < 4.78 is 3.51. The molecule has 18 heavy (non-hydrogen) atoms. The summed E-state index contributed by atoms with van der Waals surface area (Å²) in [5.74, 6) is -0.0493. The molecule has 94 valence electrons. The topological polar surface area (TPSA) is 52.7 Å². The molecule has 2 heterocycles. The van der Waals surface area contributed by atoms with E-state index in [0.717, 1.165) is 17.8 Å². The van der Waals surface area contributed by atoms with Crippen LogP contribution in [0, 0.1) is 6.92 Å². The molecule has 2 aromatic rings. The minimum Gasteiger partial charge on any atom is -0.289 e. The molecule has 0 radical (unpaired) electrons. The highest BCUT2D eigenvalue weighted by molar-refractivity contribution is 6.06. The summed E-state index contributed by atoms with van der Waals surface area (Å²) in [5.41, 5.74) is 2.62. The normalized spacial score (nSPS) is 11.3. The quantitative estimate of drug-likeness (QED) is 0.609. The fourth-order valence-electron chi connectivity index (χ4n) is 1.75. The maximum Gasteiger partial charge on any atom is 0.189 e. The lowest BCUT2D eigenvalue weighted by Crippen LogP contribution is -1.98. The predicted octanol–water partition coefficient (Wildman–Crippen LogP) is 1.84.